The van der Waals surface area contributed by atoms with E-state index in [2.05, 4.69) is 60.4 Å². The smallest absolute Gasteiger partial charge is 0.342 e. The average Bonchev–Trinajstić information content (AvgIpc) is 3.17. The summed E-state index contributed by atoms with van der Waals surface area (Å²) in [5.41, 5.74) is 0.268. The van der Waals surface area contributed by atoms with E-state index in [9.17, 15) is 14.4 Å². The van der Waals surface area contributed by atoms with E-state index in [1.54, 1.807) is 18.2 Å². The molecule has 13 heteroatoms. The number of aromatic nitrogens is 2. The highest BCUT2D eigenvalue weighted by atomic mass is 32.2. The number of hydrogen-bond donors (Lipinski definition) is 1. The monoisotopic (exact) mass is 650 g/mol. The molecule has 1 aromatic carbocycles. The third kappa shape index (κ3) is 5.67. The van der Waals surface area contributed by atoms with Crippen LogP contribution in [0.2, 0.25) is 22.2 Å². The van der Waals surface area contributed by atoms with Crippen molar-refractivity contribution in [3.63, 3.8) is 0 Å². The Hall–Kier alpha value is -2.33. The molecular weight excluding hydrogens is 605 g/mol. The summed E-state index contributed by atoms with van der Waals surface area (Å²) < 4.78 is 33.4. The van der Waals surface area contributed by atoms with Crippen molar-refractivity contribution in [2.45, 2.75) is 100 Å². The van der Waals surface area contributed by atoms with Gasteiger partial charge in [-0.15, -0.1) is 11.8 Å². The van der Waals surface area contributed by atoms with Crippen LogP contribution in [0.4, 0.5) is 0 Å². The Balaban J connectivity index is 1.87. The lowest BCUT2D eigenvalue weighted by Crippen LogP contribution is -2.73. The molecule has 1 aromatic heterocycles. The Bertz CT molecular complexity index is 1410. The first-order chi connectivity index (χ1) is 20.2. The standard InChI is InChI=1S/C30H46N2O8SSi2/c1-17(2)42(18(3)4)38-16-24-26(40-43(42,19(5)6)20(7)8)27(28(41-24)32-14-13-25(33)31-30(32)35)39-29(34)22-12-11-21(36-9)15-23(22)37-10/h11-15,17-20,24,26-28H,16H2,1-10H3,(H,31,33,35)/t24-,26-,27-,28-/m1/s1. The number of nitrogens with one attached hydrogen (secondary N) is 1. The van der Waals surface area contributed by atoms with Crippen LogP contribution in [0.15, 0.2) is 40.1 Å². The number of carbonyl (C=O) groups is 1. The van der Waals surface area contributed by atoms with Crippen molar-refractivity contribution in [3.05, 3.63) is 56.9 Å². The number of nitrogens with zero attached hydrogens (tertiary/aromatic N) is 1. The van der Waals surface area contributed by atoms with Crippen LogP contribution >= 0.6 is 11.8 Å². The molecule has 4 rings (SSSR count). The number of benzene rings is 1. The van der Waals surface area contributed by atoms with Gasteiger partial charge in [0.15, 0.2) is 6.10 Å². The van der Waals surface area contributed by atoms with E-state index in [-0.39, 0.29) is 21.9 Å². The summed E-state index contributed by atoms with van der Waals surface area (Å²) >= 11 is 1.50. The molecule has 0 aliphatic carbocycles. The first-order valence-electron chi connectivity index (χ1n) is 15.0. The maximum Gasteiger partial charge on any atom is 0.342 e. The minimum Gasteiger partial charge on any atom is -0.497 e. The predicted molar refractivity (Wildman–Crippen MR) is 173 cm³/mol. The van der Waals surface area contributed by atoms with Crippen LogP contribution in [-0.2, 0) is 13.6 Å². The van der Waals surface area contributed by atoms with Gasteiger partial charge in [-0.1, -0.05) is 55.4 Å². The molecule has 3 heterocycles. The van der Waals surface area contributed by atoms with Crippen molar-refractivity contribution < 1.29 is 27.9 Å². The van der Waals surface area contributed by atoms with Crippen LogP contribution in [-0.4, -0.2) is 69.5 Å². The minimum absolute atomic E-state index is 0.198. The van der Waals surface area contributed by atoms with Gasteiger partial charge in [-0.3, -0.25) is 14.3 Å². The van der Waals surface area contributed by atoms with Gasteiger partial charge in [-0.05, 0) is 34.3 Å². The first-order valence-corrected chi connectivity index (χ1v) is 21.0. The van der Waals surface area contributed by atoms with Gasteiger partial charge in [-0.25, -0.2) is 9.59 Å². The van der Waals surface area contributed by atoms with Crippen molar-refractivity contribution in [3.8, 4) is 11.5 Å². The largest absolute Gasteiger partial charge is 0.497 e. The zero-order valence-corrected chi connectivity index (χ0v) is 29.7. The summed E-state index contributed by atoms with van der Waals surface area (Å²) in [6, 6.07) is 6.21. The molecule has 2 aromatic rings. The second-order valence-electron chi connectivity index (χ2n) is 12.6. The molecule has 0 bridgehead atoms. The highest BCUT2D eigenvalue weighted by Gasteiger charge is 2.69. The molecule has 0 amide bonds. The summed E-state index contributed by atoms with van der Waals surface area (Å²) in [6.45, 7) is 18.5. The molecule has 43 heavy (non-hydrogen) atoms. The summed E-state index contributed by atoms with van der Waals surface area (Å²) in [5, 5.41) is -0.843. The zero-order chi connectivity index (χ0) is 31.9. The molecule has 0 radical (unpaired) electrons. The highest BCUT2D eigenvalue weighted by Crippen LogP contribution is 2.57. The van der Waals surface area contributed by atoms with Gasteiger partial charge in [0.2, 0.25) is 15.7 Å². The predicted octanol–water partition coefficient (Wildman–Crippen LogP) is 5.42. The van der Waals surface area contributed by atoms with E-state index in [1.165, 1.54) is 42.8 Å². The quantitative estimate of drug-likeness (QED) is 0.280. The normalized spacial score (nSPS) is 24.7. The SMILES string of the molecule is COc1ccc(C(=O)O[C@@H]2[C@@H]3O[Si](C(C)C)(C(C)C)[Si](C(C)C)(C(C)C)OC[C@H]3S[C@H]2n2ccc(=O)[nH]c2=O)c(OC)c1. The maximum atomic E-state index is 13.9. The number of methoxy groups -OCH3 is 2. The molecule has 0 spiro atoms. The van der Waals surface area contributed by atoms with Crippen LogP contribution in [0.5, 0.6) is 11.5 Å². The fourth-order valence-electron chi connectivity index (χ4n) is 7.51. The Kier molecular flexibility index (Phi) is 10.1. The minimum atomic E-state index is -2.71. The van der Waals surface area contributed by atoms with E-state index in [4.69, 9.17) is 23.1 Å². The van der Waals surface area contributed by atoms with Gasteiger partial charge < -0.3 is 23.1 Å². The number of aromatic amines is 1. The number of hydrogen-bond acceptors (Lipinski definition) is 9. The second-order valence-corrected chi connectivity index (χ2v) is 27.0. The Morgan fingerprint density at radius 2 is 1.58 bits per heavy atom. The number of carbonyl (C=O) groups excluding carboxylic acids is 1. The van der Waals surface area contributed by atoms with Crippen molar-refractivity contribution in [1.29, 1.82) is 0 Å². The molecule has 2 saturated heterocycles. The molecule has 10 nitrogen and oxygen atoms in total. The van der Waals surface area contributed by atoms with Crippen LogP contribution in [0.25, 0.3) is 0 Å². The van der Waals surface area contributed by atoms with Crippen LogP contribution in [0.3, 0.4) is 0 Å². The molecule has 2 aliphatic heterocycles. The average molecular weight is 651 g/mol. The van der Waals surface area contributed by atoms with Crippen LogP contribution in [0, 0.1) is 0 Å². The van der Waals surface area contributed by atoms with Gasteiger partial charge in [-0.2, -0.15) is 0 Å². The number of thioether (sulfide) groups is 1. The summed E-state index contributed by atoms with van der Waals surface area (Å²) in [7, 11) is -2.21. The lowest BCUT2D eigenvalue weighted by Gasteiger charge is -2.54. The van der Waals surface area contributed by atoms with Gasteiger partial charge >= 0.3 is 11.7 Å². The Labute approximate surface area is 259 Å². The molecule has 1 N–H and O–H groups in total. The van der Waals surface area contributed by atoms with E-state index < -0.39 is 50.5 Å². The molecule has 4 atom stereocenters. The summed E-state index contributed by atoms with van der Waals surface area (Å²) in [5.74, 6) is 0.258. The van der Waals surface area contributed by atoms with Gasteiger partial charge in [0.25, 0.3) is 5.56 Å². The third-order valence-corrected chi connectivity index (χ3v) is 31.4. The van der Waals surface area contributed by atoms with E-state index in [1.807, 2.05) is 0 Å². The zero-order valence-electron chi connectivity index (χ0n) is 26.8. The van der Waals surface area contributed by atoms with Crippen molar-refractivity contribution in [1.82, 2.24) is 9.55 Å². The Morgan fingerprint density at radius 1 is 0.953 bits per heavy atom. The molecule has 0 saturated carbocycles. The number of ether oxygens (including phenoxy) is 3. The highest BCUT2D eigenvalue weighted by molar-refractivity contribution is 8.00. The summed E-state index contributed by atoms with van der Waals surface area (Å²) in [6.07, 6.45) is 0.0941. The van der Waals surface area contributed by atoms with Crippen molar-refractivity contribution in [2.24, 2.45) is 0 Å². The van der Waals surface area contributed by atoms with Gasteiger partial charge in [0.1, 0.15) is 22.4 Å². The fourth-order valence-corrected chi connectivity index (χ4v) is 31.1. The van der Waals surface area contributed by atoms with E-state index in [0.29, 0.717) is 29.2 Å². The maximum absolute atomic E-state index is 13.9. The lowest BCUT2D eigenvalue weighted by atomic mass is 10.1. The molecule has 0 unspecified atom stereocenters. The van der Waals surface area contributed by atoms with Gasteiger partial charge in [0.05, 0.1) is 25.6 Å². The Morgan fingerprint density at radius 3 is 2.12 bits per heavy atom. The fraction of sp³-hybridized carbons (Fsp3) is 0.633. The summed E-state index contributed by atoms with van der Waals surface area (Å²) in [4.78, 5) is 41.2. The molecular formula is C30H46N2O8SSi2. The number of rotatable bonds is 9. The van der Waals surface area contributed by atoms with E-state index in [0.717, 1.165) is 0 Å². The number of fused-ring (bicyclic) bond motifs is 1. The first kappa shape index (κ1) is 33.6. The number of esters is 1. The van der Waals surface area contributed by atoms with E-state index >= 15 is 0 Å². The second kappa shape index (κ2) is 13.0. The van der Waals surface area contributed by atoms with Crippen LogP contribution < -0.4 is 20.7 Å². The molecule has 2 fully saturated rings. The van der Waals surface area contributed by atoms with Gasteiger partial charge in [0, 0.05) is 24.9 Å². The van der Waals surface area contributed by atoms with Crippen LogP contribution in [0.1, 0.15) is 71.1 Å². The topological polar surface area (TPSA) is 118 Å². The molecule has 2 aliphatic rings. The van der Waals surface area contributed by atoms with Crippen molar-refractivity contribution >= 4 is 33.4 Å². The lowest BCUT2D eigenvalue weighted by molar-refractivity contribution is -0.0154. The van der Waals surface area contributed by atoms with Crippen molar-refractivity contribution in [2.75, 3.05) is 20.8 Å². The molecule has 238 valence electrons. The third-order valence-electron chi connectivity index (χ3n) is 9.14. The number of H-pyrrole nitrogens is 1.